The SMILES string of the molecule is CCCc1ccc(Cn2c(=O)[nH]c(=O)c3c2ncn3CC)cc1. The monoisotopic (exact) mass is 312 g/mol. The Kier molecular flexibility index (Phi) is 4.14. The van der Waals surface area contributed by atoms with E-state index in [1.165, 1.54) is 10.1 Å². The van der Waals surface area contributed by atoms with Gasteiger partial charge in [0, 0.05) is 6.54 Å². The molecule has 2 heterocycles. The van der Waals surface area contributed by atoms with Crippen molar-refractivity contribution in [2.75, 3.05) is 0 Å². The first-order chi connectivity index (χ1) is 11.1. The molecule has 0 aliphatic rings. The average molecular weight is 312 g/mol. The Morgan fingerprint density at radius 2 is 1.78 bits per heavy atom. The maximum atomic E-state index is 12.2. The second-order valence-corrected chi connectivity index (χ2v) is 5.61. The van der Waals surface area contributed by atoms with Crippen LogP contribution in [0.4, 0.5) is 0 Å². The number of imidazole rings is 1. The molecule has 0 spiro atoms. The van der Waals surface area contributed by atoms with Crippen LogP contribution in [0, 0.1) is 0 Å². The summed E-state index contributed by atoms with van der Waals surface area (Å²) in [5.41, 5.74) is 2.34. The number of rotatable bonds is 5. The zero-order valence-electron chi connectivity index (χ0n) is 13.4. The van der Waals surface area contributed by atoms with Crippen LogP contribution in [0.15, 0.2) is 40.2 Å². The topological polar surface area (TPSA) is 72.7 Å². The maximum absolute atomic E-state index is 12.2. The fourth-order valence-electron chi connectivity index (χ4n) is 2.79. The molecule has 3 rings (SSSR count). The molecule has 0 saturated heterocycles. The smallest absolute Gasteiger partial charge is 0.325 e. The van der Waals surface area contributed by atoms with Crippen molar-refractivity contribution in [2.45, 2.75) is 39.8 Å². The summed E-state index contributed by atoms with van der Waals surface area (Å²) in [6.07, 6.45) is 3.75. The van der Waals surface area contributed by atoms with E-state index in [4.69, 9.17) is 0 Å². The van der Waals surface area contributed by atoms with Gasteiger partial charge in [-0.15, -0.1) is 0 Å². The van der Waals surface area contributed by atoms with E-state index in [2.05, 4.69) is 29.0 Å². The molecule has 0 fully saturated rings. The van der Waals surface area contributed by atoms with E-state index >= 15 is 0 Å². The quantitative estimate of drug-likeness (QED) is 0.782. The highest BCUT2D eigenvalue weighted by Crippen LogP contribution is 2.11. The Hall–Kier alpha value is -2.63. The van der Waals surface area contributed by atoms with Crippen LogP contribution in [0.3, 0.4) is 0 Å². The normalized spacial score (nSPS) is 11.2. The van der Waals surface area contributed by atoms with Gasteiger partial charge < -0.3 is 4.57 Å². The van der Waals surface area contributed by atoms with Gasteiger partial charge in [-0.2, -0.15) is 0 Å². The van der Waals surface area contributed by atoms with Gasteiger partial charge in [0.1, 0.15) is 0 Å². The number of benzene rings is 1. The van der Waals surface area contributed by atoms with E-state index in [1.807, 2.05) is 19.1 Å². The fraction of sp³-hybridized carbons (Fsp3) is 0.353. The highest BCUT2D eigenvalue weighted by atomic mass is 16.2. The van der Waals surface area contributed by atoms with Crippen molar-refractivity contribution in [1.82, 2.24) is 19.1 Å². The average Bonchev–Trinajstić information content (AvgIpc) is 2.97. The summed E-state index contributed by atoms with van der Waals surface area (Å²) in [6.45, 7) is 5.10. The summed E-state index contributed by atoms with van der Waals surface area (Å²) in [4.78, 5) is 30.9. The maximum Gasteiger partial charge on any atom is 0.330 e. The summed E-state index contributed by atoms with van der Waals surface area (Å²) in [6, 6.07) is 8.20. The molecule has 0 amide bonds. The summed E-state index contributed by atoms with van der Waals surface area (Å²) < 4.78 is 3.26. The van der Waals surface area contributed by atoms with Gasteiger partial charge in [0.2, 0.25) is 0 Å². The lowest BCUT2D eigenvalue weighted by Gasteiger charge is -2.08. The summed E-state index contributed by atoms with van der Waals surface area (Å²) in [7, 11) is 0. The fourth-order valence-corrected chi connectivity index (χ4v) is 2.79. The number of H-pyrrole nitrogens is 1. The van der Waals surface area contributed by atoms with Gasteiger partial charge in [-0.05, 0) is 24.5 Å². The molecule has 6 nitrogen and oxygen atoms in total. The van der Waals surface area contributed by atoms with Crippen molar-refractivity contribution >= 4 is 11.2 Å². The van der Waals surface area contributed by atoms with Crippen molar-refractivity contribution in [3.8, 4) is 0 Å². The van der Waals surface area contributed by atoms with Gasteiger partial charge in [0.05, 0.1) is 12.9 Å². The minimum Gasteiger partial charge on any atom is -0.325 e. The molecule has 120 valence electrons. The third-order valence-electron chi connectivity index (χ3n) is 4.00. The number of aromatic amines is 1. The second kappa shape index (κ2) is 6.24. The minimum atomic E-state index is -0.429. The van der Waals surface area contributed by atoms with E-state index in [0.717, 1.165) is 18.4 Å². The predicted octanol–water partition coefficient (Wildman–Crippen LogP) is 1.91. The largest absolute Gasteiger partial charge is 0.330 e. The third kappa shape index (κ3) is 2.84. The number of aromatic nitrogens is 4. The Balaban J connectivity index is 2.04. The van der Waals surface area contributed by atoms with Crippen LogP contribution in [0.1, 0.15) is 31.4 Å². The van der Waals surface area contributed by atoms with Crippen LogP contribution in [0.25, 0.3) is 11.2 Å². The Morgan fingerprint density at radius 1 is 1.09 bits per heavy atom. The van der Waals surface area contributed by atoms with Crippen LogP contribution >= 0.6 is 0 Å². The molecule has 0 aliphatic heterocycles. The van der Waals surface area contributed by atoms with Gasteiger partial charge in [-0.25, -0.2) is 9.78 Å². The van der Waals surface area contributed by atoms with E-state index in [-0.39, 0.29) is 5.56 Å². The number of hydrogen-bond acceptors (Lipinski definition) is 3. The minimum absolute atomic E-state index is 0.388. The first-order valence-electron chi connectivity index (χ1n) is 7.89. The van der Waals surface area contributed by atoms with Crippen molar-refractivity contribution in [3.05, 3.63) is 62.6 Å². The Morgan fingerprint density at radius 3 is 2.43 bits per heavy atom. The van der Waals surface area contributed by atoms with Gasteiger partial charge in [0.15, 0.2) is 11.2 Å². The third-order valence-corrected chi connectivity index (χ3v) is 4.00. The highest BCUT2D eigenvalue weighted by molar-refractivity contribution is 5.69. The Bertz CT molecular complexity index is 932. The van der Waals surface area contributed by atoms with Crippen LogP contribution < -0.4 is 11.2 Å². The molecule has 0 aliphatic carbocycles. The van der Waals surface area contributed by atoms with E-state index in [1.54, 1.807) is 10.9 Å². The van der Waals surface area contributed by atoms with Gasteiger partial charge in [-0.1, -0.05) is 37.6 Å². The first kappa shape index (κ1) is 15.3. The molecule has 0 atom stereocenters. The molecule has 3 aromatic rings. The predicted molar refractivity (Wildman–Crippen MR) is 89.8 cm³/mol. The zero-order chi connectivity index (χ0) is 16.4. The first-order valence-corrected chi connectivity index (χ1v) is 7.89. The molecule has 0 radical (unpaired) electrons. The standard InChI is InChI=1S/C17H20N4O2/c1-3-5-12-6-8-13(9-7-12)10-21-15-14(16(22)19-17(21)23)20(4-2)11-18-15/h6-9,11H,3-5,10H2,1-2H3,(H,19,22,23). The summed E-state index contributed by atoms with van der Waals surface area (Å²) in [5.74, 6) is 0. The molecule has 0 bridgehead atoms. The molecule has 0 saturated carbocycles. The molecular weight excluding hydrogens is 292 g/mol. The number of hydrogen-bond donors (Lipinski definition) is 1. The molecule has 0 unspecified atom stereocenters. The van der Waals surface area contributed by atoms with Crippen LogP contribution in [0.2, 0.25) is 0 Å². The lowest BCUT2D eigenvalue weighted by Crippen LogP contribution is -2.31. The van der Waals surface area contributed by atoms with Crippen molar-refractivity contribution in [1.29, 1.82) is 0 Å². The van der Waals surface area contributed by atoms with Crippen molar-refractivity contribution < 1.29 is 0 Å². The molecular formula is C17H20N4O2. The van der Waals surface area contributed by atoms with Gasteiger partial charge in [-0.3, -0.25) is 14.3 Å². The van der Waals surface area contributed by atoms with Crippen molar-refractivity contribution in [2.24, 2.45) is 0 Å². The molecule has 1 aromatic carbocycles. The lowest BCUT2D eigenvalue weighted by atomic mass is 10.1. The van der Waals surface area contributed by atoms with Gasteiger partial charge >= 0.3 is 5.69 Å². The van der Waals surface area contributed by atoms with Crippen LogP contribution in [0.5, 0.6) is 0 Å². The van der Waals surface area contributed by atoms with Crippen LogP contribution in [-0.4, -0.2) is 19.1 Å². The summed E-state index contributed by atoms with van der Waals surface area (Å²) in [5, 5.41) is 0. The number of aryl methyl sites for hydroxylation is 2. The lowest BCUT2D eigenvalue weighted by molar-refractivity contribution is 0.742. The molecule has 2 aromatic heterocycles. The van der Waals surface area contributed by atoms with Crippen LogP contribution in [-0.2, 0) is 19.5 Å². The molecule has 6 heteroatoms. The van der Waals surface area contributed by atoms with E-state index < -0.39 is 5.69 Å². The number of fused-ring (bicyclic) bond motifs is 1. The van der Waals surface area contributed by atoms with E-state index in [9.17, 15) is 9.59 Å². The van der Waals surface area contributed by atoms with E-state index in [0.29, 0.717) is 24.3 Å². The number of nitrogens with zero attached hydrogens (tertiary/aromatic N) is 3. The number of nitrogens with one attached hydrogen (secondary N) is 1. The summed E-state index contributed by atoms with van der Waals surface area (Å²) >= 11 is 0. The highest BCUT2D eigenvalue weighted by Gasteiger charge is 2.13. The van der Waals surface area contributed by atoms with Crippen molar-refractivity contribution in [3.63, 3.8) is 0 Å². The second-order valence-electron chi connectivity index (χ2n) is 5.61. The van der Waals surface area contributed by atoms with Gasteiger partial charge in [0.25, 0.3) is 5.56 Å². The Labute approximate surface area is 133 Å². The molecule has 1 N–H and O–H groups in total. The zero-order valence-corrected chi connectivity index (χ0v) is 13.4. The molecule has 23 heavy (non-hydrogen) atoms.